The third-order valence-corrected chi connectivity index (χ3v) is 11.9. The highest BCUT2D eigenvalue weighted by Gasteiger charge is 2.74. The van der Waals surface area contributed by atoms with Crippen LogP contribution < -0.4 is 0 Å². The van der Waals surface area contributed by atoms with Crippen LogP contribution in [0.3, 0.4) is 0 Å². The third-order valence-electron chi connectivity index (χ3n) is 11.9. The highest BCUT2D eigenvalue weighted by atomic mass is 16.5. The van der Waals surface area contributed by atoms with Crippen molar-refractivity contribution in [1.29, 1.82) is 0 Å². The van der Waals surface area contributed by atoms with Crippen LogP contribution in [-0.2, 0) is 38.4 Å². The van der Waals surface area contributed by atoms with Crippen molar-refractivity contribution < 1.29 is 24.2 Å². The van der Waals surface area contributed by atoms with E-state index in [1.54, 1.807) is 6.92 Å². The number of aryl methyl sites for hydroxylation is 1. The predicted molar refractivity (Wildman–Crippen MR) is 162 cm³/mol. The number of hydrogen-bond acceptors (Lipinski definition) is 7. The number of aliphatic hydroxyl groups excluding tert-OH is 1. The van der Waals surface area contributed by atoms with Crippen molar-refractivity contribution >= 4 is 23.7 Å². The SMILES string of the molecule is CCc1ccc(Cn2cc3c(n2)C=C2CC[C@@H]4[C@H]([C@@H](O)C[C@@]5(C)[C@H]4C[C@H]4OC(C)=N[C@]45C(=O)COC(C)=O)[C@@]2(C)C3)cc1. The van der Waals surface area contributed by atoms with Gasteiger partial charge in [0.15, 0.2) is 18.0 Å². The Morgan fingerprint density at radius 3 is 2.65 bits per heavy atom. The van der Waals surface area contributed by atoms with Crippen molar-refractivity contribution in [2.75, 3.05) is 6.61 Å². The van der Waals surface area contributed by atoms with E-state index in [1.165, 1.54) is 29.2 Å². The molecule has 228 valence electrons. The van der Waals surface area contributed by atoms with Crippen LogP contribution in [0, 0.1) is 28.6 Å². The molecule has 0 unspecified atom stereocenters. The number of fused-ring (bicyclic) bond motifs is 8. The molecular formula is C35H43N3O5. The Labute approximate surface area is 253 Å². The highest BCUT2D eigenvalue weighted by molar-refractivity contribution is 5.97. The van der Waals surface area contributed by atoms with Crippen LogP contribution in [-0.4, -0.2) is 56.9 Å². The largest absolute Gasteiger partial charge is 0.475 e. The first-order valence-electron chi connectivity index (χ1n) is 15.9. The highest BCUT2D eigenvalue weighted by Crippen LogP contribution is 2.69. The maximum absolute atomic E-state index is 13.9. The number of aliphatic imine (C=N–C) groups is 1. The zero-order valence-electron chi connectivity index (χ0n) is 25.9. The average Bonchev–Trinajstić information content (AvgIpc) is 3.58. The van der Waals surface area contributed by atoms with Gasteiger partial charge in [0.1, 0.15) is 6.10 Å². The minimum absolute atomic E-state index is 0.0631. The Hall–Kier alpha value is -3.26. The van der Waals surface area contributed by atoms with Gasteiger partial charge in [-0.2, -0.15) is 5.10 Å². The van der Waals surface area contributed by atoms with Gasteiger partial charge in [-0.3, -0.25) is 14.3 Å². The minimum Gasteiger partial charge on any atom is -0.475 e. The van der Waals surface area contributed by atoms with Gasteiger partial charge in [0.05, 0.1) is 18.3 Å². The number of Topliss-reactive ketones (excluding diaryl/α,β-unsaturated/α-hetero) is 1. The van der Waals surface area contributed by atoms with Crippen LogP contribution in [0.1, 0.15) is 82.7 Å². The summed E-state index contributed by atoms with van der Waals surface area (Å²) in [4.78, 5) is 30.3. The predicted octanol–water partition coefficient (Wildman–Crippen LogP) is 4.94. The van der Waals surface area contributed by atoms with E-state index in [2.05, 4.69) is 62.0 Å². The van der Waals surface area contributed by atoms with Crippen LogP contribution in [0.15, 0.2) is 41.0 Å². The number of ketones is 1. The van der Waals surface area contributed by atoms with Gasteiger partial charge in [0.25, 0.3) is 0 Å². The van der Waals surface area contributed by atoms with Crippen LogP contribution >= 0.6 is 0 Å². The zero-order chi connectivity index (χ0) is 30.3. The van der Waals surface area contributed by atoms with E-state index in [0.717, 1.165) is 37.9 Å². The van der Waals surface area contributed by atoms with Gasteiger partial charge in [-0.15, -0.1) is 0 Å². The number of carbonyl (C=O) groups is 2. The van der Waals surface area contributed by atoms with Gasteiger partial charge < -0.3 is 14.6 Å². The number of rotatable bonds is 6. The maximum atomic E-state index is 13.9. The number of aliphatic hydroxyl groups is 1. The van der Waals surface area contributed by atoms with Crippen molar-refractivity contribution in [3.63, 3.8) is 0 Å². The minimum atomic E-state index is -1.14. The van der Waals surface area contributed by atoms with E-state index in [4.69, 9.17) is 19.6 Å². The van der Waals surface area contributed by atoms with Crippen LogP contribution in [0.25, 0.3) is 6.08 Å². The summed E-state index contributed by atoms with van der Waals surface area (Å²) < 4.78 is 13.5. The standard InChI is InChI=1S/C35H43N3O5/c1-6-22-7-9-23(10-8-22)17-38-18-24-15-33(4)25(13-28(24)37-38)11-12-26-27-14-31-35(36-20(2)43-31,30(41)19-42-21(3)39)34(27,5)16-29(40)32(26)33/h7-10,13,18,26-27,29,31-32,40H,6,11-12,14-17,19H2,1-5H3/t26-,27-,29-,31+,32+,33-,34-,35+/m0/s1. The molecule has 0 saturated heterocycles. The first-order valence-corrected chi connectivity index (χ1v) is 15.9. The van der Waals surface area contributed by atoms with Crippen LogP contribution in [0.4, 0.5) is 0 Å². The maximum Gasteiger partial charge on any atom is 0.303 e. The van der Waals surface area contributed by atoms with Gasteiger partial charge >= 0.3 is 5.97 Å². The van der Waals surface area contributed by atoms with Crippen molar-refractivity contribution in [1.82, 2.24) is 9.78 Å². The first kappa shape index (κ1) is 28.5. The fourth-order valence-corrected chi connectivity index (χ4v) is 10.0. The molecule has 7 rings (SSSR count). The summed E-state index contributed by atoms with van der Waals surface area (Å²) in [5.41, 5.74) is 4.30. The fourth-order valence-electron chi connectivity index (χ4n) is 10.0. The first-order chi connectivity index (χ1) is 20.5. The molecule has 5 aliphatic rings. The number of carbonyl (C=O) groups excluding carboxylic acids is 2. The summed E-state index contributed by atoms with van der Waals surface area (Å²) in [6.45, 7) is 10.1. The molecular weight excluding hydrogens is 542 g/mol. The monoisotopic (exact) mass is 585 g/mol. The Kier molecular flexibility index (Phi) is 6.55. The molecule has 43 heavy (non-hydrogen) atoms. The van der Waals surface area contributed by atoms with Crippen molar-refractivity contribution in [2.24, 2.45) is 33.6 Å². The number of ether oxygens (including phenoxy) is 2. The van der Waals surface area contributed by atoms with Crippen molar-refractivity contribution in [2.45, 2.75) is 97.4 Å². The van der Waals surface area contributed by atoms with Crippen molar-refractivity contribution in [3.05, 3.63) is 58.4 Å². The normalized spacial score (nSPS) is 37.1. The van der Waals surface area contributed by atoms with Crippen LogP contribution in [0.2, 0.25) is 0 Å². The number of benzene rings is 1. The zero-order valence-corrected chi connectivity index (χ0v) is 25.9. The lowest BCUT2D eigenvalue weighted by molar-refractivity contribution is -0.156. The Morgan fingerprint density at radius 2 is 1.93 bits per heavy atom. The second-order valence-corrected chi connectivity index (χ2v) is 14.1. The molecule has 1 N–H and O–H groups in total. The van der Waals surface area contributed by atoms with Gasteiger partial charge in [-0.1, -0.05) is 50.6 Å². The van der Waals surface area contributed by atoms with Gasteiger partial charge in [0, 0.05) is 25.5 Å². The second-order valence-electron chi connectivity index (χ2n) is 14.1. The number of nitrogens with zero attached hydrogens (tertiary/aromatic N) is 3. The molecule has 0 radical (unpaired) electrons. The van der Waals surface area contributed by atoms with E-state index in [9.17, 15) is 14.7 Å². The molecule has 1 aromatic carbocycles. The molecule has 8 nitrogen and oxygen atoms in total. The molecule has 3 fully saturated rings. The van der Waals surface area contributed by atoms with Crippen LogP contribution in [0.5, 0.6) is 0 Å². The Balaban J connectivity index is 1.18. The molecule has 8 atom stereocenters. The summed E-state index contributed by atoms with van der Waals surface area (Å²) >= 11 is 0. The summed E-state index contributed by atoms with van der Waals surface area (Å²) in [5, 5.41) is 17.1. The second kappa shape index (κ2) is 9.88. The number of hydrogen-bond donors (Lipinski definition) is 1. The molecule has 0 spiro atoms. The Bertz CT molecular complexity index is 1540. The number of aromatic nitrogens is 2. The van der Waals surface area contributed by atoms with E-state index in [1.807, 2.05) is 0 Å². The molecule has 0 bridgehead atoms. The molecule has 1 aliphatic heterocycles. The number of allylic oxidation sites excluding steroid dienone is 1. The average molecular weight is 586 g/mol. The lowest BCUT2D eigenvalue weighted by atomic mass is 9.45. The van der Waals surface area contributed by atoms with E-state index < -0.39 is 29.1 Å². The lowest BCUT2D eigenvalue weighted by Gasteiger charge is -2.60. The van der Waals surface area contributed by atoms with E-state index in [0.29, 0.717) is 18.7 Å². The fraction of sp³-hybridized carbons (Fsp3) is 0.600. The summed E-state index contributed by atoms with van der Waals surface area (Å²) in [5.74, 6) is 0.245. The Morgan fingerprint density at radius 1 is 1.19 bits per heavy atom. The quantitative estimate of drug-likeness (QED) is 0.482. The number of esters is 1. The van der Waals surface area contributed by atoms with Gasteiger partial charge in [0.2, 0.25) is 5.78 Å². The third kappa shape index (κ3) is 4.11. The lowest BCUT2D eigenvalue weighted by Crippen LogP contribution is -2.62. The summed E-state index contributed by atoms with van der Waals surface area (Å²) in [6.07, 6.45) is 8.44. The summed E-state index contributed by atoms with van der Waals surface area (Å²) in [6, 6.07) is 8.76. The molecule has 0 amide bonds. The van der Waals surface area contributed by atoms with Gasteiger partial charge in [-0.25, -0.2) is 4.99 Å². The smallest absolute Gasteiger partial charge is 0.303 e. The molecule has 8 heteroatoms. The topological polar surface area (TPSA) is 103 Å². The molecule has 2 aromatic rings. The van der Waals surface area contributed by atoms with Crippen molar-refractivity contribution in [3.8, 4) is 0 Å². The molecule has 1 aromatic heterocycles. The van der Waals surface area contributed by atoms with E-state index >= 15 is 0 Å². The van der Waals surface area contributed by atoms with E-state index in [-0.39, 0.29) is 35.6 Å². The molecule has 2 heterocycles. The summed E-state index contributed by atoms with van der Waals surface area (Å²) in [7, 11) is 0. The van der Waals surface area contributed by atoms with Gasteiger partial charge in [-0.05, 0) is 84.5 Å². The molecule has 3 saturated carbocycles. The molecule has 4 aliphatic carbocycles.